The molecule has 2 amide bonds. The molecule has 2 heterocycles. The average molecular weight is 439 g/mol. The number of nitrogens with one attached hydrogen (secondary N) is 1. The first-order valence-electron chi connectivity index (χ1n) is 9.99. The van der Waals surface area contributed by atoms with Crippen LogP contribution in [0.1, 0.15) is 39.3 Å². The molecule has 8 heteroatoms. The van der Waals surface area contributed by atoms with E-state index in [2.05, 4.69) is 17.2 Å². The van der Waals surface area contributed by atoms with Crippen LogP contribution >= 0.6 is 11.3 Å². The molecular weight excluding hydrogens is 412 g/mol. The van der Waals surface area contributed by atoms with E-state index in [-0.39, 0.29) is 29.8 Å². The van der Waals surface area contributed by atoms with Crippen molar-refractivity contribution < 1.29 is 9.59 Å². The predicted molar refractivity (Wildman–Crippen MR) is 123 cm³/mol. The summed E-state index contributed by atoms with van der Waals surface area (Å²) < 4.78 is 1.26. The van der Waals surface area contributed by atoms with Gasteiger partial charge >= 0.3 is 0 Å². The number of amides is 2. The van der Waals surface area contributed by atoms with E-state index in [1.165, 1.54) is 34.2 Å². The predicted octanol–water partition coefficient (Wildman–Crippen LogP) is 3.44. The van der Waals surface area contributed by atoms with Gasteiger partial charge in [0.1, 0.15) is 6.54 Å². The summed E-state index contributed by atoms with van der Waals surface area (Å²) in [6.45, 7) is 6.26. The molecule has 0 saturated carbocycles. The topological polar surface area (TPSA) is 84.3 Å². The van der Waals surface area contributed by atoms with Gasteiger partial charge in [0.2, 0.25) is 5.91 Å². The number of benzene rings is 1. The fourth-order valence-corrected chi connectivity index (χ4v) is 3.96. The van der Waals surface area contributed by atoms with Crippen molar-refractivity contribution in [1.82, 2.24) is 14.5 Å². The second kappa shape index (κ2) is 9.70. The molecule has 3 aromatic rings. The number of likely N-dealkylation sites (N-methyl/N-ethyl adjacent to an activating group) is 1. The second-order valence-electron chi connectivity index (χ2n) is 7.58. The molecule has 0 spiro atoms. The number of hydrogen-bond donors (Lipinski definition) is 1. The molecule has 1 N–H and O–H groups in total. The Bertz CT molecular complexity index is 1120. The lowest BCUT2D eigenvalue weighted by Gasteiger charge is -2.22. The Morgan fingerprint density at radius 2 is 1.87 bits per heavy atom. The second-order valence-corrected chi connectivity index (χ2v) is 8.79. The van der Waals surface area contributed by atoms with Crippen molar-refractivity contribution in [3.8, 4) is 0 Å². The van der Waals surface area contributed by atoms with Crippen LogP contribution in [0, 0.1) is 13.8 Å². The van der Waals surface area contributed by atoms with Crippen molar-refractivity contribution in [3.63, 3.8) is 0 Å². The maximum absolute atomic E-state index is 12.7. The third-order valence-electron chi connectivity index (χ3n) is 5.14. The number of nitrogens with zero attached hydrogens (tertiary/aromatic N) is 3. The third-order valence-corrected chi connectivity index (χ3v) is 6.13. The quantitative estimate of drug-likeness (QED) is 0.612. The minimum atomic E-state index is -0.374. The summed E-state index contributed by atoms with van der Waals surface area (Å²) in [5.74, 6) is -0.413. The first-order valence-corrected chi connectivity index (χ1v) is 10.8. The summed E-state index contributed by atoms with van der Waals surface area (Å²) in [5, 5.41) is 3.25. The van der Waals surface area contributed by atoms with E-state index < -0.39 is 0 Å². The fourth-order valence-electron chi connectivity index (χ4n) is 3.15. The molecule has 0 unspecified atom stereocenters. The van der Waals surface area contributed by atoms with Gasteiger partial charge < -0.3 is 9.47 Å². The van der Waals surface area contributed by atoms with Gasteiger partial charge in [-0.15, -0.1) is 11.3 Å². The zero-order valence-corrected chi connectivity index (χ0v) is 18.9. The van der Waals surface area contributed by atoms with Gasteiger partial charge in [0.05, 0.1) is 11.3 Å². The maximum atomic E-state index is 12.7. The van der Waals surface area contributed by atoms with Crippen molar-refractivity contribution in [2.75, 3.05) is 18.9 Å². The van der Waals surface area contributed by atoms with Gasteiger partial charge in [-0.25, -0.2) is 4.98 Å². The van der Waals surface area contributed by atoms with Crippen molar-refractivity contribution in [1.29, 1.82) is 0 Å². The van der Waals surface area contributed by atoms with Crippen LogP contribution in [0.25, 0.3) is 0 Å². The number of carbonyl (C=O) groups excluding carboxylic acids is 2. The lowest BCUT2D eigenvalue weighted by atomic mass is 10.0. The molecule has 1 aromatic carbocycles. The number of carbonyl (C=O) groups is 2. The molecule has 0 saturated heterocycles. The van der Waals surface area contributed by atoms with Crippen LogP contribution in [0.3, 0.4) is 0 Å². The van der Waals surface area contributed by atoms with E-state index in [4.69, 9.17) is 0 Å². The van der Waals surface area contributed by atoms with Gasteiger partial charge in [-0.1, -0.05) is 37.3 Å². The van der Waals surface area contributed by atoms with Crippen LogP contribution in [0.5, 0.6) is 0 Å². The van der Waals surface area contributed by atoms with Crippen LogP contribution in [0.4, 0.5) is 5.13 Å². The average Bonchev–Trinajstić information content (AvgIpc) is 3.06. The summed E-state index contributed by atoms with van der Waals surface area (Å²) in [6.07, 6.45) is 1.41. The van der Waals surface area contributed by atoms with E-state index >= 15 is 0 Å². The highest BCUT2D eigenvalue weighted by Gasteiger charge is 2.16. The summed E-state index contributed by atoms with van der Waals surface area (Å²) in [7, 11) is 1.72. The molecule has 0 aliphatic carbocycles. The van der Waals surface area contributed by atoms with E-state index in [0.29, 0.717) is 17.2 Å². The van der Waals surface area contributed by atoms with Crippen LogP contribution in [-0.2, 0) is 11.3 Å². The summed E-state index contributed by atoms with van der Waals surface area (Å²) in [4.78, 5) is 44.5. The molecule has 3 rings (SSSR count). The SMILES string of the molecule is Cc1nc(NC(=O)c2ccc(=O)n(CC(=O)N(C)C[C@H](C)c3ccccc3)c2)sc1C. The largest absolute Gasteiger partial charge is 0.344 e. The summed E-state index contributed by atoms with van der Waals surface area (Å²) in [5.41, 5.74) is 1.96. The van der Waals surface area contributed by atoms with Crippen molar-refractivity contribution in [2.24, 2.45) is 0 Å². The molecule has 0 bridgehead atoms. The molecule has 0 fully saturated rings. The molecule has 0 radical (unpaired) electrons. The van der Waals surface area contributed by atoms with E-state index in [9.17, 15) is 14.4 Å². The Balaban J connectivity index is 1.67. The Labute approximate surface area is 185 Å². The Morgan fingerprint density at radius 1 is 1.16 bits per heavy atom. The third kappa shape index (κ3) is 5.67. The lowest BCUT2D eigenvalue weighted by molar-refractivity contribution is -0.130. The number of aromatic nitrogens is 2. The molecule has 1 atom stereocenters. The highest BCUT2D eigenvalue weighted by molar-refractivity contribution is 7.15. The first-order chi connectivity index (χ1) is 14.7. The van der Waals surface area contributed by atoms with E-state index in [0.717, 1.165) is 16.1 Å². The van der Waals surface area contributed by atoms with Gasteiger partial charge in [0, 0.05) is 30.7 Å². The van der Waals surface area contributed by atoms with Gasteiger partial charge in [-0.3, -0.25) is 19.7 Å². The number of thiazole rings is 1. The van der Waals surface area contributed by atoms with Crippen molar-refractivity contribution in [2.45, 2.75) is 33.2 Å². The smallest absolute Gasteiger partial charge is 0.258 e. The minimum Gasteiger partial charge on any atom is -0.344 e. The number of rotatable bonds is 7. The molecule has 7 nitrogen and oxygen atoms in total. The molecule has 0 aliphatic heterocycles. The number of hydrogen-bond acceptors (Lipinski definition) is 5. The number of pyridine rings is 1. The standard InChI is InChI=1S/C23H26N4O3S/c1-15(18-8-6-5-7-9-18)12-26(4)21(29)14-27-13-19(10-11-20(27)28)22(30)25-23-24-16(2)17(3)31-23/h5-11,13,15H,12,14H2,1-4H3,(H,24,25,30)/t15-/m0/s1. The molecule has 162 valence electrons. The fraction of sp³-hybridized carbons (Fsp3) is 0.304. The Hall–Kier alpha value is -3.26. The zero-order chi connectivity index (χ0) is 22.5. The van der Waals surface area contributed by atoms with Crippen LogP contribution in [-0.4, -0.2) is 39.9 Å². The highest BCUT2D eigenvalue weighted by atomic mass is 32.1. The van der Waals surface area contributed by atoms with Crippen molar-refractivity contribution >= 4 is 28.3 Å². The summed E-state index contributed by atoms with van der Waals surface area (Å²) in [6, 6.07) is 12.7. The number of aryl methyl sites for hydroxylation is 2. The van der Waals surface area contributed by atoms with Crippen LogP contribution < -0.4 is 10.9 Å². The van der Waals surface area contributed by atoms with E-state index in [1.807, 2.05) is 44.2 Å². The summed E-state index contributed by atoms with van der Waals surface area (Å²) >= 11 is 1.39. The number of anilines is 1. The Kier molecular flexibility index (Phi) is 7.02. The monoisotopic (exact) mass is 438 g/mol. The lowest BCUT2D eigenvalue weighted by Crippen LogP contribution is -2.36. The maximum Gasteiger partial charge on any atom is 0.258 e. The highest BCUT2D eigenvalue weighted by Crippen LogP contribution is 2.21. The van der Waals surface area contributed by atoms with Crippen LogP contribution in [0.2, 0.25) is 0 Å². The molecule has 31 heavy (non-hydrogen) atoms. The van der Waals surface area contributed by atoms with Crippen molar-refractivity contribution in [3.05, 3.63) is 80.7 Å². The van der Waals surface area contributed by atoms with Gasteiger partial charge in [0.25, 0.3) is 11.5 Å². The van der Waals surface area contributed by atoms with E-state index in [1.54, 1.807) is 11.9 Å². The zero-order valence-electron chi connectivity index (χ0n) is 18.1. The van der Waals surface area contributed by atoms with Gasteiger partial charge in [0.15, 0.2) is 5.13 Å². The van der Waals surface area contributed by atoms with Gasteiger partial charge in [-0.2, -0.15) is 0 Å². The molecule has 2 aromatic heterocycles. The molecular formula is C23H26N4O3S. The van der Waals surface area contributed by atoms with Gasteiger partial charge in [-0.05, 0) is 31.4 Å². The molecule has 0 aliphatic rings. The van der Waals surface area contributed by atoms with Crippen LogP contribution in [0.15, 0.2) is 53.5 Å². The normalized spacial score (nSPS) is 11.7. The first kappa shape index (κ1) is 22.4. The Morgan fingerprint density at radius 3 is 2.52 bits per heavy atom. The minimum absolute atomic E-state index is 0.132.